The van der Waals surface area contributed by atoms with Crippen LogP contribution in [-0.4, -0.2) is 36.5 Å². The molecule has 104 valence electrons. The van der Waals surface area contributed by atoms with Crippen molar-refractivity contribution in [1.82, 2.24) is 10.2 Å². The predicted molar refractivity (Wildman–Crippen MR) is 74.4 cm³/mol. The Labute approximate surface area is 111 Å². The first-order valence-corrected chi connectivity index (χ1v) is 7.65. The molecule has 1 saturated carbocycles. The summed E-state index contributed by atoms with van der Waals surface area (Å²) in [5.74, 6) is 2.00. The number of carbonyl (C=O) groups is 1. The van der Waals surface area contributed by atoms with Crippen LogP contribution < -0.4 is 5.32 Å². The van der Waals surface area contributed by atoms with Gasteiger partial charge in [-0.05, 0) is 37.6 Å². The van der Waals surface area contributed by atoms with Gasteiger partial charge in [0.2, 0.25) is 5.91 Å². The number of carbonyl (C=O) groups excluding carboxylic acids is 1. The fraction of sp³-hybridized carbons (Fsp3) is 0.933. The first-order valence-electron chi connectivity index (χ1n) is 7.65. The highest BCUT2D eigenvalue weighted by molar-refractivity contribution is 5.73. The van der Waals surface area contributed by atoms with Gasteiger partial charge in [0, 0.05) is 26.1 Å². The van der Waals surface area contributed by atoms with Crippen LogP contribution >= 0.6 is 0 Å². The number of amides is 1. The lowest BCUT2D eigenvalue weighted by Gasteiger charge is -2.34. The Bertz CT molecular complexity index is 272. The third-order valence-electron chi connectivity index (χ3n) is 4.90. The molecule has 0 aromatic heterocycles. The van der Waals surface area contributed by atoms with Crippen LogP contribution in [0.15, 0.2) is 0 Å². The van der Waals surface area contributed by atoms with Crippen LogP contribution in [0.1, 0.15) is 52.4 Å². The molecule has 3 nitrogen and oxygen atoms in total. The van der Waals surface area contributed by atoms with Gasteiger partial charge in [0.25, 0.3) is 0 Å². The predicted octanol–water partition coefficient (Wildman–Crippen LogP) is 2.41. The van der Waals surface area contributed by atoms with E-state index in [2.05, 4.69) is 12.2 Å². The second kappa shape index (κ2) is 6.55. The molecule has 0 radical (unpaired) electrons. The SMILES string of the molecule is CC(=O)N1CCC(NCC2CCCCC2C)CC1. The Morgan fingerprint density at radius 1 is 1.17 bits per heavy atom. The Balaban J connectivity index is 1.67. The number of piperidine rings is 1. The molecule has 2 fully saturated rings. The van der Waals surface area contributed by atoms with E-state index >= 15 is 0 Å². The molecule has 2 rings (SSSR count). The maximum absolute atomic E-state index is 11.3. The molecule has 1 aliphatic heterocycles. The monoisotopic (exact) mass is 252 g/mol. The molecule has 1 amide bonds. The molecule has 3 heteroatoms. The average Bonchev–Trinajstić information content (AvgIpc) is 2.38. The number of hydrogen-bond acceptors (Lipinski definition) is 2. The van der Waals surface area contributed by atoms with Gasteiger partial charge in [-0.2, -0.15) is 0 Å². The zero-order chi connectivity index (χ0) is 13.0. The normalized spacial score (nSPS) is 30.4. The van der Waals surface area contributed by atoms with Crippen molar-refractivity contribution >= 4 is 5.91 Å². The van der Waals surface area contributed by atoms with Crippen LogP contribution in [0.2, 0.25) is 0 Å². The zero-order valence-electron chi connectivity index (χ0n) is 12.0. The largest absolute Gasteiger partial charge is 0.343 e. The summed E-state index contributed by atoms with van der Waals surface area (Å²) in [7, 11) is 0. The van der Waals surface area contributed by atoms with E-state index in [1.165, 1.54) is 32.2 Å². The van der Waals surface area contributed by atoms with Crippen LogP contribution in [0.25, 0.3) is 0 Å². The standard InChI is InChI=1S/C15H28N2O/c1-12-5-3-4-6-14(12)11-16-15-7-9-17(10-8-15)13(2)18/h12,14-16H,3-11H2,1-2H3. The van der Waals surface area contributed by atoms with Gasteiger partial charge in [-0.25, -0.2) is 0 Å². The Hall–Kier alpha value is -0.570. The summed E-state index contributed by atoms with van der Waals surface area (Å²) in [6.45, 7) is 7.15. The summed E-state index contributed by atoms with van der Waals surface area (Å²) < 4.78 is 0. The maximum atomic E-state index is 11.3. The van der Waals surface area contributed by atoms with E-state index in [-0.39, 0.29) is 5.91 Å². The summed E-state index contributed by atoms with van der Waals surface area (Å²) in [5.41, 5.74) is 0. The van der Waals surface area contributed by atoms with Crippen LogP contribution in [-0.2, 0) is 4.79 Å². The Kier molecular flexibility index (Phi) is 5.04. The Morgan fingerprint density at radius 3 is 2.44 bits per heavy atom. The summed E-state index contributed by atoms with van der Waals surface area (Å²) in [4.78, 5) is 13.2. The molecule has 2 unspecified atom stereocenters. The molecule has 0 aromatic rings. The van der Waals surface area contributed by atoms with Crippen molar-refractivity contribution in [2.45, 2.75) is 58.4 Å². The molecular formula is C15H28N2O. The quantitative estimate of drug-likeness (QED) is 0.836. The maximum Gasteiger partial charge on any atom is 0.219 e. The smallest absolute Gasteiger partial charge is 0.219 e. The Morgan fingerprint density at radius 2 is 1.83 bits per heavy atom. The van der Waals surface area contributed by atoms with Crippen LogP contribution in [0.4, 0.5) is 0 Å². The van der Waals surface area contributed by atoms with E-state index in [1.54, 1.807) is 6.92 Å². The van der Waals surface area contributed by atoms with Crippen LogP contribution in [0.5, 0.6) is 0 Å². The molecule has 1 aliphatic carbocycles. The van der Waals surface area contributed by atoms with Gasteiger partial charge in [-0.3, -0.25) is 4.79 Å². The number of nitrogens with one attached hydrogen (secondary N) is 1. The molecule has 0 bridgehead atoms. The third kappa shape index (κ3) is 3.71. The van der Waals surface area contributed by atoms with Gasteiger partial charge in [-0.15, -0.1) is 0 Å². The van der Waals surface area contributed by atoms with Crippen molar-refractivity contribution in [2.75, 3.05) is 19.6 Å². The average molecular weight is 252 g/mol. The van der Waals surface area contributed by atoms with Crippen molar-refractivity contribution in [2.24, 2.45) is 11.8 Å². The van der Waals surface area contributed by atoms with Crippen molar-refractivity contribution in [3.63, 3.8) is 0 Å². The lowest BCUT2D eigenvalue weighted by Crippen LogP contribution is -2.45. The molecular weight excluding hydrogens is 224 g/mol. The van der Waals surface area contributed by atoms with Crippen molar-refractivity contribution in [3.05, 3.63) is 0 Å². The van der Waals surface area contributed by atoms with Crippen molar-refractivity contribution in [3.8, 4) is 0 Å². The minimum atomic E-state index is 0.231. The second-order valence-corrected chi connectivity index (χ2v) is 6.21. The molecule has 1 heterocycles. The molecule has 1 saturated heterocycles. The fourth-order valence-corrected chi connectivity index (χ4v) is 3.41. The molecule has 2 atom stereocenters. The lowest BCUT2D eigenvalue weighted by molar-refractivity contribution is -0.129. The van der Waals surface area contributed by atoms with E-state index < -0.39 is 0 Å². The number of hydrogen-bond donors (Lipinski definition) is 1. The fourth-order valence-electron chi connectivity index (χ4n) is 3.41. The summed E-state index contributed by atoms with van der Waals surface area (Å²) in [5, 5.41) is 3.74. The highest BCUT2D eigenvalue weighted by Crippen LogP contribution is 2.29. The summed E-state index contributed by atoms with van der Waals surface area (Å²) in [6.07, 6.45) is 7.91. The number of rotatable bonds is 3. The van der Waals surface area contributed by atoms with Crippen LogP contribution in [0, 0.1) is 11.8 Å². The lowest BCUT2D eigenvalue weighted by atomic mass is 9.80. The van der Waals surface area contributed by atoms with Gasteiger partial charge >= 0.3 is 0 Å². The van der Waals surface area contributed by atoms with E-state index in [9.17, 15) is 4.79 Å². The van der Waals surface area contributed by atoms with E-state index in [1.807, 2.05) is 4.90 Å². The van der Waals surface area contributed by atoms with Gasteiger partial charge in [0.1, 0.15) is 0 Å². The minimum Gasteiger partial charge on any atom is -0.343 e. The minimum absolute atomic E-state index is 0.231. The first-order chi connectivity index (χ1) is 8.66. The van der Waals surface area contributed by atoms with E-state index in [4.69, 9.17) is 0 Å². The molecule has 0 spiro atoms. The molecule has 18 heavy (non-hydrogen) atoms. The van der Waals surface area contributed by atoms with Crippen molar-refractivity contribution < 1.29 is 4.79 Å². The topological polar surface area (TPSA) is 32.3 Å². The summed E-state index contributed by atoms with van der Waals surface area (Å²) >= 11 is 0. The second-order valence-electron chi connectivity index (χ2n) is 6.21. The number of nitrogens with zero attached hydrogens (tertiary/aromatic N) is 1. The highest BCUT2D eigenvalue weighted by atomic mass is 16.2. The number of likely N-dealkylation sites (tertiary alicyclic amines) is 1. The summed E-state index contributed by atoms with van der Waals surface area (Å²) in [6, 6.07) is 0.634. The highest BCUT2D eigenvalue weighted by Gasteiger charge is 2.24. The van der Waals surface area contributed by atoms with Crippen molar-refractivity contribution in [1.29, 1.82) is 0 Å². The molecule has 2 aliphatic rings. The van der Waals surface area contributed by atoms with E-state index in [0.29, 0.717) is 6.04 Å². The van der Waals surface area contributed by atoms with Gasteiger partial charge in [-0.1, -0.05) is 26.2 Å². The zero-order valence-corrected chi connectivity index (χ0v) is 12.0. The van der Waals surface area contributed by atoms with Gasteiger partial charge in [0.05, 0.1) is 0 Å². The first kappa shape index (κ1) is 13.9. The van der Waals surface area contributed by atoms with Gasteiger partial charge in [0.15, 0.2) is 0 Å². The molecule has 1 N–H and O–H groups in total. The van der Waals surface area contributed by atoms with E-state index in [0.717, 1.165) is 37.8 Å². The van der Waals surface area contributed by atoms with Gasteiger partial charge < -0.3 is 10.2 Å². The van der Waals surface area contributed by atoms with Crippen LogP contribution in [0.3, 0.4) is 0 Å². The third-order valence-corrected chi connectivity index (χ3v) is 4.90. The molecule has 0 aromatic carbocycles.